The van der Waals surface area contributed by atoms with Gasteiger partial charge in [0.05, 0.1) is 23.4 Å². The van der Waals surface area contributed by atoms with E-state index >= 15 is 0 Å². The molecule has 4 N–H and O–H groups in total. The van der Waals surface area contributed by atoms with Gasteiger partial charge in [0, 0.05) is 11.3 Å². The minimum Gasteiger partial charge on any atom is -0.507 e. The fourth-order valence-electron chi connectivity index (χ4n) is 3.04. The van der Waals surface area contributed by atoms with Gasteiger partial charge in [-0.25, -0.2) is 0 Å². The zero-order valence-electron chi connectivity index (χ0n) is 14.7. The molecule has 26 heavy (non-hydrogen) atoms. The maximum Gasteiger partial charge on any atom is 0.188 e. The second-order valence-electron chi connectivity index (χ2n) is 6.30. The van der Waals surface area contributed by atoms with E-state index in [0.717, 1.165) is 30.6 Å². The monoisotopic (exact) mass is 350 g/mol. The number of fused-ring (bicyclic) bond motifs is 1. The molecule has 1 aliphatic carbocycles. The normalized spacial score (nSPS) is 13.0. The smallest absolute Gasteiger partial charge is 0.188 e. The van der Waals surface area contributed by atoms with Crippen LogP contribution in [-0.2, 0) is 0 Å². The molecule has 1 aliphatic rings. The average Bonchev–Trinajstić information content (AvgIpc) is 2.64. The Bertz CT molecular complexity index is 883. The van der Waals surface area contributed by atoms with Gasteiger partial charge >= 0.3 is 0 Å². The second-order valence-corrected chi connectivity index (χ2v) is 6.30. The number of nitrogens with two attached hydrogens (primary N) is 1. The van der Waals surface area contributed by atoms with Crippen molar-refractivity contribution in [1.29, 1.82) is 5.41 Å². The molecule has 3 rings (SSSR count). The van der Waals surface area contributed by atoms with Crippen LogP contribution in [0.2, 0.25) is 0 Å². The molecule has 0 unspecified atom stereocenters. The van der Waals surface area contributed by atoms with Crippen molar-refractivity contribution in [3.63, 3.8) is 0 Å². The minimum atomic E-state index is -0.300. The molecule has 0 saturated heterocycles. The molecule has 5 nitrogen and oxygen atoms in total. The van der Waals surface area contributed by atoms with Gasteiger partial charge in [-0.3, -0.25) is 4.79 Å². The molecule has 5 heteroatoms. The highest BCUT2D eigenvalue weighted by molar-refractivity contribution is 6.26. The molecule has 0 heterocycles. The first-order valence-corrected chi connectivity index (χ1v) is 8.73. The molecular formula is C21H22N2O3. The van der Waals surface area contributed by atoms with Crippen LogP contribution in [0, 0.1) is 5.41 Å². The van der Waals surface area contributed by atoms with E-state index < -0.39 is 0 Å². The lowest BCUT2D eigenvalue weighted by Crippen LogP contribution is -2.15. The first-order valence-electron chi connectivity index (χ1n) is 8.73. The van der Waals surface area contributed by atoms with Gasteiger partial charge in [0.15, 0.2) is 5.78 Å². The van der Waals surface area contributed by atoms with E-state index in [9.17, 15) is 9.90 Å². The molecule has 0 spiro atoms. The molecule has 0 radical (unpaired) electrons. The molecule has 0 aromatic heterocycles. The highest BCUT2D eigenvalue weighted by Gasteiger charge is 2.25. The Morgan fingerprint density at radius 3 is 2.54 bits per heavy atom. The van der Waals surface area contributed by atoms with Crippen molar-refractivity contribution in [2.45, 2.75) is 26.2 Å². The minimum absolute atomic E-state index is 0.0709. The van der Waals surface area contributed by atoms with Gasteiger partial charge in [-0.2, -0.15) is 0 Å². The first kappa shape index (κ1) is 17.7. The number of allylic oxidation sites excluding steroid dienone is 2. The maximum absolute atomic E-state index is 12.1. The summed E-state index contributed by atoms with van der Waals surface area (Å²) in [6.45, 7) is 2.82. The van der Waals surface area contributed by atoms with E-state index in [0.29, 0.717) is 12.2 Å². The molecule has 0 bridgehead atoms. The van der Waals surface area contributed by atoms with Gasteiger partial charge in [-0.05, 0) is 42.3 Å². The third-order valence-corrected chi connectivity index (χ3v) is 4.43. The predicted molar refractivity (Wildman–Crippen MR) is 103 cm³/mol. The lowest BCUT2D eigenvalue weighted by atomic mass is 9.88. The van der Waals surface area contributed by atoms with E-state index in [2.05, 4.69) is 6.92 Å². The van der Waals surface area contributed by atoms with Crippen LogP contribution in [0.25, 0.3) is 11.1 Å². The first-order chi connectivity index (χ1) is 12.5. The standard InChI is InChI=1S/C21H22N2O3/c1-2-3-4-11-26-14-7-5-13(6-8-14)15-12-17(23)19-18(24)10-9-16(22)20(19)21(15)25/h5-10,12,22,25H,2-4,11,23H2,1H3. The number of carbonyl (C=O) groups is 1. The van der Waals surface area contributed by atoms with Crippen LogP contribution in [0.1, 0.15) is 42.1 Å². The number of benzene rings is 2. The lowest BCUT2D eigenvalue weighted by molar-refractivity contribution is 0.104. The fraction of sp³-hybridized carbons (Fsp3) is 0.238. The average molecular weight is 350 g/mol. The number of phenols is 1. The van der Waals surface area contributed by atoms with Crippen LogP contribution in [-0.4, -0.2) is 23.2 Å². The summed E-state index contributed by atoms with van der Waals surface area (Å²) in [5, 5.41) is 18.7. The number of nitrogen functional groups attached to an aromatic ring is 1. The second kappa shape index (κ2) is 7.44. The Morgan fingerprint density at radius 2 is 1.85 bits per heavy atom. The number of anilines is 1. The van der Waals surface area contributed by atoms with Crippen LogP contribution >= 0.6 is 0 Å². The van der Waals surface area contributed by atoms with E-state index in [1.165, 1.54) is 12.2 Å². The maximum atomic E-state index is 12.1. The number of carbonyl (C=O) groups excluding carboxylic acids is 1. The quantitative estimate of drug-likeness (QED) is 0.410. The van der Waals surface area contributed by atoms with Crippen molar-refractivity contribution < 1.29 is 14.6 Å². The SMILES string of the molecule is CCCCCOc1ccc(-c2cc(N)c3c(c2O)C(=N)C=CC3=O)cc1. The molecule has 0 fully saturated rings. The van der Waals surface area contributed by atoms with Crippen molar-refractivity contribution in [3.8, 4) is 22.6 Å². The summed E-state index contributed by atoms with van der Waals surface area (Å²) in [5.74, 6) is 0.362. The van der Waals surface area contributed by atoms with Gasteiger partial charge in [-0.1, -0.05) is 31.9 Å². The van der Waals surface area contributed by atoms with Gasteiger partial charge < -0.3 is 21.0 Å². The molecule has 2 aromatic carbocycles. The van der Waals surface area contributed by atoms with E-state index in [4.69, 9.17) is 15.9 Å². The number of hydrogen-bond donors (Lipinski definition) is 3. The molecule has 0 amide bonds. The highest BCUT2D eigenvalue weighted by Crippen LogP contribution is 2.40. The zero-order chi connectivity index (χ0) is 18.7. The molecule has 0 atom stereocenters. The number of hydrogen-bond acceptors (Lipinski definition) is 5. The summed E-state index contributed by atoms with van der Waals surface area (Å²) in [6, 6.07) is 8.93. The third kappa shape index (κ3) is 3.33. The largest absolute Gasteiger partial charge is 0.507 e. The van der Waals surface area contributed by atoms with Gasteiger partial charge in [0.25, 0.3) is 0 Å². The predicted octanol–water partition coefficient (Wildman–Crippen LogP) is 4.33. The lowest BCUT2D eigenvalue weighted by Gasteiger charge is -2.18. The van der Waals surface area contributed by atoms with Crippen LogP contribution < -0.4 is 10.5 Å². The zero-order valence-corrected chi connectivity index (χ0v) is 14.7. The van der Waals surface area contributed by atoms with Crippen molar-refractivity contribution in [3.05, 3.63) is 53.6 Å². The fourth-order valence-corrected chi connectivity index (χ4v) is 3.04. The number of ether oxygens (including phenoxy) is 1. The third-order valence-electron chi connectivity index (χ3n) is 4.43. The number of rotatable bonds is 6. The Kier molecular flexibility index (Phi) is 5.07. The summed E-state index contributed by atoms with van der Waals surface area (Å²) >= 11 is 0. The van der Waals surface area contributed by atoms with E-state index in [1.54, 1.807) is 6.07 Å². The number of aromatic hydroxyl groups is 1. The number of unbranched alkanes of at least 4 members (excludes halogenated alkanes) is 2. The Balaban J connectivity index is 1.91. The summed E-state index contributed by atoms with van der Waals surface area (Å²) in [7, 11) is 0. The molecule has 2 aromatic rings. The van der Waals surface area contributed by atoms with Crippen molar-refractivity contribution in [2.75, 3.05) is 12.3 Å². The van der Waals surface area contributed by atoms with Crippen molar-refractivity contribution >= 4 is 17.2 Å². The van der Waals surface area contributed by atoms with Crippen LogP contribution in [0.3, 0.4) is 0 Å². The number of nitrogens with one attached hydrogen (secondary N) is 1. The van der Waals surface area contributed by atoms with Gasteiger partial charge in [0.2, 0.25) is 0 Å². The number of ketones is 1. The Hall–Kier alpha value is -3.08. The molecule has 0 aliphatic heterocycles. The molecule has 0 saturated carbocycles. The Morgan fingerprint density at radius 1 is 1.12 bits per heavy atom. The summed E-state index contributed by atoms with van der Waals surface area (Å²) in [4.78, 5) is 12.1. The summed E-state index contributed by atoms with van der Waals surface area (Å²) in [6.07, 6.45) is 5.98. The summed E-state index contributed by atoms with van der Waals surface area (Å²) < 4.78 is 5.70. The summed E-state index contributed by atoms with van der Waals surface area (Å²) in [5.41, 5.74) is 7.98. The van der Waals surface area contributed by atoms with Crippen molar-refractivity contribution in [2.24, 2.45) is 0 Å². The van der Waals surface area contributed by atoms with Gasteiger partial charge in [0.1, 0.15) is 11.5 Å². The molecule has 134 valence electrons. The number of phenolic OH excluding ortho intramolecular Hbond substituents is 1. The highest BCUT2D eigenvalue weighted by atomic mass is 16.5. The van der Waals surface area contributed by atoms with Crippen LogP contribution in [0.15, 0.2) is 42.5 Å². The van der Waals surface area contributed by atoms with Gasteiger partial charge in [-0.15, -0.1) is 0 Å². The van der Waals surface area contributed by atoms with E-state index in [1.807, 2.05) is 24.3 Å². The topological polar surface area (TPSA) is 96.4 Å². The van der Waals surface area contributed by atoms with Crippen LogP contribution in [0.4, 0.5) is 5.69 Å². The van der Waals surface area contributed by atoms with Crippen molar-refractivity contribution in [1.82, 2.24) is 0 Å². The molecular weight excluding hydrogens is 328 g/mol. The van der Waals surface area contributed by atoms with Crippen LogP contribution in [0.5, 0.6) is 11.5 Å². The van der Waals surface area contributed by atoms with E-state index in [-0.39, 0.29) is 34.1 Å². The Labute approximate surface area is 152 Å².